The first kappa shape index (κ1) is 18.4. The van der Waals surface area contributed by atoms with E-state index in [0.717, 1.165) is 0 Å². The minimum Gasteiger partial charge on any atom is -0.489 e. The van der Waals surface area contributed by atoms with Gasteiger partial charge in [0.15, 0.2) is 9.84 Å². The zero-order valence-electron chi connectivity index (χ0n) is 11.7. The summed E-state index contributed by atoms with van der Waals surface area (Å²) in [6.45, 7) is -0.214. The second-order valence-corrected chi connectivity index (χ2v) is 8.09. The Hall–Kier alpha value is -0.980. The van der Waals surface area contributed by atoms with Gasteiger partial charge in [0.1, 0.15) is 18.5 Å². The highest BCUT2D eigenvalue weighted by atomic mass is 35.5. The molecule has 0 aliphatic rings. The van der Waals surface area contributed by atoms with E-state index in [0.29, 0.717) is 15.8 Å². The number of hydrogen-bond acceptors (Lipinski definition) is 4. The van der Waals surface area contributed by atoms with Gasteiger partial charge in [-0.3, -0.25) is 0 Å². The Morgan fingerprint density at radius 3 is 2.22 bits per heavy atom. The molecule has 124 valence electrons. The van der Waals surface area contributed by atoms with Crippen LogP contribution in [0.4, 0.5) is 0 Å². The Balaban J connectivity index is 1.98. The van der Waals surface area contributed by atoms with Crippen LogP contribution in [0.15, 0.2) is 47.4 Å². The lowest BCUT2D eigenvalue weighted by atomic mass is 10.3. The molecule has 2 rings (SSSR count). The fraction of sp³-hybridized carbons (Fsp3) is 0.200. The molecule has 4 nitrogen and oxygen atoms in total. The third-order valence-electron chi connectivity index (χ3n) is 2.91. The van der Waals surface area contributed by atoms with Crippen LogP contribution in [-0.4, -0.2) is 32.0 Å². The molecular formula is C15H13Cl3O4S. The number of hydrogen-bond donors (Lipinski definition) is 1. The van der Waals surface area contributed by atoms with Gasteiger partial charge in [-0.05, 0) is 42.5 Å². The van der Waals surface area contributed by atoms with Crippen LogP contribution in [0.25, 0.3) is 0 Å². The standard InChI is InChI=1S/C15H13Cl3O4S/c16-10-1-4-13(5-2-10)23(20,21)9-12(19)8-22-15-6-3-11(17)7-14(15)18/h1-7,12,19H,8-9H2. The number of sulfone groups is 1. The minimum atomic E-state index is -3.64. The predicted molar refractivity (Wildman–Crippen MR) is 91.5 cm³/mol. The van der Waals surface area contributed by atoms with E-state index in [2.05, 4.69) is 0 Å². The highest BCUT2D eigenvalue weighted by molar-refractivity contribution is 7.91. The molecule has 0 fully saturated rings. The van der Waals surface area contributed by atoms with Gasteiger partial charge < -0.3 is 9.84 Å². The van der Waals surface area contributed by atoms with Crippen LogP contribution in [0.5, 0.6) is 5.75 Å². The maximum atomic E-state index is 12.2. The van der Waals surface area contributed by atoms with Gasteiger partial charge in [-0.2, -0.15) is 0 Å². The quantitative estimate of drug-likeness (QED) is 0.806. The summed E-state index contributed by atoms with van der Waals surface area (Å²) in [7, 11) is -3.64. The van der Waals surface area contributed by atoms with Crippen LogP contribution in [0.1, 0.15) is 0 Å². The van der Waals surface area contributed by atoms with Crippen molar-refractivity contribution in [2.75, 3.05) is 12.4 Å². The Labute approximate surface area is 149 Å². The minimum absolute atomic E-state index is 0.0884. The molecule has 23 heavy (non-hydrogen) atoms. The first-order valence-electron chi connectivity index (χ1n) is 6.52. The normalized spacial score (nSPS) is 12.9. The van der Waals surface area contributed by atoms with Crippen molar-refractivity contribution >= 4 is 44.6 Å². The van der Waals surface area contributed by atoms with Crippen LogP contribution in [0.3, 0.4) is 0 Å². The van der Waals surface area contributed by atoms with Crippen molar-refractivity contribution in [3.05, 3.63) is 57.5 Å². The van der Waals surface area contributed by atoms with Crippen molar-refractivity contribution in [1.29, 1.82) is 0 Å². The molecule has 0 aliphatic heterocycles. The van der Waals surface area contributed by atoms with Gasteiger partial charge in [-0.1, -0.05) is 34.8 Å². The number of aliphatic hydroxyl groups is 1. The molecule has 2 aromatic rings. The molecule has 0 saturated carbocycles. The van der Waals surface area contributed by atoms with Crippen molar-refractivity contribution < 1.29 is 18.3 Å². The largest absolute Gasteiger partial charge is 0.489 e. The maximum absolute atomic E-state index is 12.2. The highest BCUT2D eigenvalue weighted by Gasteiger charge is 2.20. The average molecular weight is 396 g/mol. The van der Waals surface area contributed by atoms with E-state index in [-0.39, 0.29) is 16.5 Å². The van der Waals surface area contributed by atoms with Crippen molar-refractivity contribution in [2.24, 2.45) is 0 Å². The lowest BCUT2D eigenvalue weighted by molar-refractivity contribution is 0.125. The topological polar surface area (TPSA) is 63.6 Å². The van der Waals surface area contributed by atoms with Gasteiger partial charge >= 0.3 is 0 Å². The van der Waals surface area contributed by atoms with E-state index >= 15 is 0 Å². The van der Waals surface area contributed by atoms with E-state index in [4.69, 9.17) is 39.5 Å². The van der Waals surface area contributed by atoms with Gasteiger partial charge in [0, 0.05) is 10.0 Å². The Morgan fingerprint density at radius 1 is 1.00 bits per heavy atom. The van der Waals surface area contributed by atoms with E-state index < -0.39 is 21.7 Å². The Bertz CT molecular complexity index is 776. The van der Waals surface area contributed by atoms with E-state index in [1.807, 2.05) is 0 Å². The molecule has 2 aromatic carbocycles. The summed E-state index contributed by atoms with van der Waals surface area (Å²) in [5, 5.41) is 11.1. The van der Waals surface area contributed by atoms with Gasteiger partial charge in [-0.15, -0.1) is 0 Å². The summed E-state index contributed by atoms with van der Waals surface area (Å²) >= 11 is 17.4. The average Bonchev–Trinajstić information content (AvgIpc) is 2.46. The first-order valence-corrected chi connectivity index (χ1v) is 9.31. The van der Waals surface area contributed by atoms with E-state index in [1.54, 1.807) is 12.1 Å². The summed E-state index contributed by atoms with van der Waals surface area (Å²) in [5.74, 6) is -0.154. The summed E-state index contributed by atoms with van der Waals surface area (Å²) < 4.78 is 29.7. The molecule has 0 bridgehead atoms. The zero-order chi connectivity index (χ0) is 17.0. The van der Waals surface area contributed by atoms with Crippen LogP contribution >= 0.6 is 34.8 Å². The first-order chi connectivity index (χ1) is 10.8. The molecule has 0 radical (unpaired) electrons. The van der Waals surface area contributed by atoms with Crippen molar-refractivity contribution in [1.82, 2.24) is 0 Å². The molecular weight excluding hydrogens is 383 g/mol. The fourth-order valence-corrected chi connectivity index (χ4v) is 3.75. The smallest absolute Gasteiger partial charge is 0.181 e. The zero-order valence-corrected chi connectivity index (χ0v) is 14.8. The van der Waals surface area contributed by atoms with E-state index in [9.17, 15) is 13.5 Å². The molecule has 8 heteroatoms. The number of ether oxygens (including phenoxy) is 1. The maximum Gasteiger partial charge on any atom is 0.181 e. The molecule has 1 N–H and O–H groups in total. The summed E-state index contributed by atoms with van der Waals surface area (Å²) in [6.07, 6.45) is -1.21. The second-order valence-electron chi connectivity index (χ2n) is 4.77. The lowest BCUT2D eigenvalue weighted by Gasteiger charge is -2.14. The third-order valence-corrected chi connectivity index (χ3v) is 5.51. The number of aliphatic hydroxyl groups excluding tert-OH is 1. The van der Waals surface area contributed by atoms with Crippen LogP contribution in [0.2, 0.25) is 15.1 Å². The van der Waals surface area contributed by atoms with Crippen LogP contribution in [0, 0.1) is 0 Å². The molecule has 1 atom stereocenters. The summed E-state index contributed by atoms with van der Waals surface area (Å²) in [4.78, 5) is 0.0884. The number of benzene rings is 2. The van der Waals surface area contributed by atoms with Crippen LogP contribution in [-0.2, 0) is 9.84 Å². The third kappa shape index (κ3) is 5.26. The van der Waals surface area contributed by atoms with Gasteiger partial charge in [0.25, 0.3) is 0 Å². The van der Waals surface area contributed by atoms with Crippen molar-refractivity contribution in [3.8, 4) is 5.75 Å². The molecule has 0 saturated heterocycles. The lowest BCUT2D eigenvalue weighted by Crippen LogP contribution is -2.27. The molecule has 0 amide bonds. The molecule has 0 spiro atoms. The van der Waals surface area contributed by atoms with Gasteiger partial charge in [0.2, 0.25) is 0 Å². The predicted octanol–water partition coefficient (Wildman–Crippen LogP) is 3.86. The SMILES string of the molecule is O=S(=O)(CC(O)COc1ccc(Cl)cc1Cl)c1ccc(Cl)cc1. The highest BCUT2D eigenvalue weighted by Crippen LogP contribution is 2.27. The second kappa shape index (κ2) is 7.73. The van der Waals surface area contributed by atoms with Crippen molar-refractivity contribution in [3.63, 3.8) is 0 Å². The monoisotopic (exact) mass is 394 g/mol. The summed E-state index contributed by atoms with van der Waals surface area (Å²) in [5.41, 5.74) is 0. The molecule has 0 aromatic heterocycles. The van der Waals surface area contributed by atoms with Crippen molar-refractivity contribution in [2.45, 2.75) is 11.0 Å². The molecule has 0 heterocycles. The fourth-order valence-electron chi connectivity index (χ4n) is 1.82. The summed E-state index contributed by atoms with van der Waals surface area (Å²) in [6, 6.07) is 10.4. The van der Waals surface area contributed by atoms with E-state index in [1.165, 1.54) is 30.3 Å². The Morgan fingerprint density at radius 2 is 1.61 bits per heavy atom. The molecule has 0 aliphatic carbocycles. The Kier molecular flexibility index (Phi) is 6.17. The number of rotatable bonds is 6. The van der Waals surface area contributed by atoms with Gasteiger partial charge in [0.05, 0.1) is 15.7 Å². The van der Waals surface area contributed by atoms with Gasteiger partial charge in [-0.25, -0.2) is 8.42 Å². The number of halogens is 3. The molecule has 1 unspecified atom stereocenters. The van der Waals surface area contributed by atoms with Crippen LogP contribution < -0.4 is 4.74 Å².